The van der Waals surface area contributed by atoms with E-state index >= 15 is 0 Å². The summed E-state index contributed by atoms with van der Waals surface area (Å²) in [7, 11) is 2.18. The van der Waals surface area contributed by atoms with Crippen molar-refractivity contribution in [3.8, 4) is 0 Å². The van der Waals surface area contributed by atoms with Crippen LogP contribution in [0.4, 0.5) is 0 Å². The monoisotopic (exact) mass is 338 g/mol. The van der Waals surface area contributed by atoms with Crippen molar-refractivity contribution in [2.24, 2.45) is 12.8 Å². The van der Waals surface area contributed by atoms with Crippen molar-refractivity contribution in [2.45, 2.75) is 51.1 Å². The molecule has 2 heterocycles. The van der Waals surface area contributed by atoms with Crippen molar-refractivity contribution in [1.29, 1.82) is 0 Å². The van der Waals surface area contributed by atoms with Gasteiger partial charge in [0.15, 0.2) is 0 Å². The van der Waals surface area contributed by atoms with Crippen LogP contribution >= 0.6 is 0 Å². The van der Waals surface area contributed by atoms with Crippen LogP contribution in [0.15, 0.2) is 24.3 Å². The number of hydrogen-bond acceptors (Lipinski definition) is 3. The molecular formula is C20H26N4O. The van der Waals surface area contributed by atoms with E-state index in [1.165, 1.54) is 36.5 Å². The van der Waals surface area contributed by atoms with E-state index in [-0.39, 0.29) is 5.91 Å². The van der Waals surface area contributed by atoms with Crippen molar-refractivity contribution in [2.75, 3.05) is 6.54 Å². The summed E-state index contributed by atoms with van der Waals surface area (Å²) in [5.41, 5.74) is 9.89. The predicted octanol–water partition coefficient (Wildman–Crippen LogP) is 2.73. The minimum atomic E-state index is -0.364. The van der Waals surface area contributed by atoms with Crippen molar-refractivity contribution >= 4 is 5.91 Å². The van der Waals surface area contributed by atoms with Crippen LogP contribution in [0.1, 0.15) is 64.9 Å². The first-order chi connectivity index (χ1) is 12.1. The zero-order valence-electron chi connectivity index (χ0n) is 14.9. The number of primary amides is 1. The summed E-state index contributed by atoms with van der Waals surface area (Å²) in [6.07, 6.45) is 7.16. The van der Waals surface area contributed by atoms with E-state index in [1.54, 1.807) is 6.07 Å². The van der Waals surface area contributed by atoms with Gasteiger partial charge in [-0.25, -0.2) is 4.98 Å². The molecule has 5 nitrogen and oxygen atoms in total. The van der Waals surface area contributed by atoms with Gasteiger partial charge in [0.1, 0.15) is 5.82 Å². The normalized spacial score (nSPS) is 20.6. The molecule has 1 aliphatic carbocycles. The van der Waals surface area contributed by atoms with Gasteiger partial charge in [-0.3, -0.25) is 9.69 Å². The lowest BCUT2D eigenvalue weighted by Gasteiger charge is -2.24. The zero-order valence-corrected chi connectivity index (χ0v) is 14.9. The molecule has 2 aromatic rings. The minimum Gasteiger partial charge on any atom is -0.366 e. The fraction of sp³-hybridized carbons (Fsp3) is 0.500. The van der Waals surface area contributed by atoms with E-state index in [4.69, 9.17) is 10.7 Å². The number of nitrogens with two attached hydrogens (primary N) is 1. The van der Waals surface area contributed by atoms with Crippen LogP contribution in [0.25, 0.3) is 0 Å². The van der Waals surface area contributed by atoms with E-state index in [9.17, 15) is 4.79 Å². The van der Waals surface area contributed by atoms with E-state index in [0.29, 0.717) is 11.6 Å². The number of hydrogen-bond donors (Lipinski definition) is 1. The number of fused-ring (bicyclic) bond motifs is 1. The topological polar surface area (TPSA) is 64.2 Å². The van der Waals surface area contributed by atoms with Gasteiger partial charge >= 0.3 is 0 Å². The first-order valence-electron chi connectivity index (χ1n) is 9.30. The molecule has 1 saturated heterocycles. The molecule has 1 aromatic heterocycles. The highest BCUT2D eigenvalue weighted by Crippen LogP contribution is 2.34. The van der Waals surface area contributed by atoms with Crippen molar-refractivity contribution < 1.29 is 4.79 Å². The second-order valence-electron chi connectivity index (χ2n) is 7.32. The van der Waals surface area contributed by atoms with Crippen molar-refractivity contribution in [1.82, 2.24) is 14.5 Å². The van der Waals surface area contributed by atoms with Crippen LogP contribution in [-0.4, -0.2) is 26.9 Å². The third kappa shape index (κ3) is 3.09. The Bertz CT molecular complexity index is 795. The number of nitrogens with zero attached hydrogens (tertiary/aromatic N) is 3. The van der Waals surface area contributed by atoms with Crippen LogP contribution in [-0.2, 0) is 26.4 Å². The minimum absolute atomic E-state index is 0.364. The molecule has 0 bridgehead atoms. The average molecular weight is 338 g/mol. The average Bonchev–Trinajstić information content (AvgIpc) is 3.20. The molecule has 2 N–H and O–H groups in total. The second kappa shape index (κ2) is 6.64. The summed E-state index contributed by atoms with van der Waals surface area (Å²) in [6.45, 7) is 1.91. The summed E-state index contributed by atoms with van der Waals surface area (Å²) in [5.74, 6) is 0.854. The van der Waals surface area contributed by atoms with Gasteiger partial charge in [0.25, 0.3) is 0 Å². The molecule has 1 fully saturated rings. The van der Waals surface area contributed by atoms with Crippen molar-refractivity contribution in [3.05, 3.63) is 52.6 Å². The van der Waals surface area contributed by atoms with Gasteiger partial charge in [0, 0.05) is 24.8 Å². The van der Waals surface area contributed by atoms with Gasteiger partial charge in [-0.15, -0.1) is 0 Å². The number of aromatic nitrogens is 2. The Balaban J connectivity index is 1.58. The molecule has 4 rings (SSSR count). The first kappa shape index (κ1) is 16.3. The molecule has 0 saturated carbocycles. The predicted molar refractivity (Wildman–Crippen MR) is 97.2 cm³/mol. The highest BCUT2D eigenvalue weighted by atomic mass is 16.1. The number of carbonyl (C=O) groups is 1. The Morgan fingerprint density at radius 3 is 2.92 bits per heavy atom. The molecule has 25 heavy (non-hydrogen) atoms. The zero-order chi connectivity index (χ0) is 17.4. The third-order valence-electron chi connectivity index (χ3n) is 5.67. The molecular weight excluding hydrogens is 312 g/mol. The number of carbonyl (C=O) groups excluding carboxylic acids is 1. The van der Waals surface area contributed by atoms with E-state index in [2.05, 4.69) is 22.6 Å². The fourth-order valence-corrected chi connectivity index (χ4v) is 4.37. The third-order valence-corrected chi connectivity index (χ3v) is 5.67. The highest BCUT2D eigenvalue weighted by Gasteiger charge is 2.31. The molecule has 1 amide bonds. The molecule has 0 unspecified atom stereocenters. The van der Waals surface area contributed by atoms with Gasteiger partial charge in [0.05, 0.1) is 11.7 Å². The molecule has 0 radical (unpaired) electrons. The van der Waals surface area contributed by atoms with Crippen LogP contribution in [0.2, 0.25) is 0 Å². The van der Waals surface area contributed by atoms with E-state index < -0.39 is 0 Å². The number of imidazole rings is 1. The number of likely N-dealkylation sites (tertiary alicyclic amines) is 1. The lowest BCUT2D eigenvalue weighted by Crippen LogP contribution is -2.25. The van der Waals surface area contributed by atoms with Gasteiger partial charge in [-0.05, 0) is 62.8 Å². The number of benzene rings is 1. The Morgan fingerprint density at radius 1 is 1.28 bits per heavy atom. The van der Waals surface area contributed by atoms with E-state index in [0.717, 1.165) is 37.9 Å². The standard InChI is InChI=1S/C20H26N4O/c1-23-17-9-3-2-8-16(17)22-20(23)18-10-5-11-24(18)13-14-6-4-7-15(12-14)19(21)25/h4,6-7,12,18H,2-3,5,8-11,13H2,1H3,(H2,21,25)/t18-/m0/s1. The molecule has 132 valence electrons. The Morgan fingerprint density at radius 2 is 2.12 bits per heavy atom. The number of rotatable bonds is 4. The maximum absolute atomic E-state index is 11.4. The quantitative estimate of drug-likeness (QED) is 0.932. The van der Waals surface area contributed by atoms with Crippen LogP contribution in [0.3, 0.4) is 0 Å². The summed E-state index contributed by atoms with van der Waals surface area (Å²) >= 11 is 0. The van der Waals surface area contributed by atoms with Crippen LogP contribution in [0.5, 0.6) is 0 Å². The highest BCUT2D eigenvalue weighted by molar-refractivity contribution is 5.92. The molecule has 1 atom stereocenters. The van der Waals surface area contributed by atoms with Gasteiger partial charge in [-0.2, -0.15) is 0 Å². The lowest BCUT2D eigenvalue weighted by molar-refractivity contribution is 0.1000. The molecule has 5 heteroatoms. The van der Waals surface area contributed by atoms with Crippen LogP contribution in [0, 0.1) is 0 Å². The summed E-state index contributed by atoms with van der Waals surface area (Å²) in [5, 5.41) is 0. The SMILES string of the molecule is Cn1c([C@@H]2CCCN2Cc2cccc(C(N)=O)c2)nc2c1CCCC2. The van der Waals surface area contributed by atoms with Gasteiger partial charge in [-0.1, -0.05) is 12.1 Å². The Labute approximate surface area is 148 Å². The molecule has 2 aliphatic rings. The molecule has 1 aliphatic heterocycles. The molecule has 1 aromatic carbocycles. The van der Waals surface area contributed by atoms with E-state index in [1.807, 2.05) is 12.1 Å². The lowest BCUT2D eigenvalue weighted by atomic mass is 10.0. The largest absolute Gasteiger partial charge is 0.366 e. The number of aryl methyl sites for hydroxylation is 1. The van der Waals surface area contributed by atoms with Crippen molar-refractivity contribution in [3.63, 3.8) is 0 Å². The second-order valence-corrected chi connectivity index (χ2v) is 7.32. The number of amides is 1. The summed E-state index contributed by atoms with van der Waals surface area (Å²) in [6, 6.07) is 8.06. The Hall–Kier alpha value is -2.14. The first-order valence-corrected chi connectivity index (χ1v) is 9.30. The molecule has 0 spiro atoms. The maximum Gasteiger partial charge on any atom is 0.248 e. The van der Waals surface area contributed by atoms with Gasteiger partial charge < -0.3 is 10.3 Å². The summed E-state index contributed by atoms with van der Waals surface area (Å²) < 4.78 is 2.34. The maximum atomic E-state index is 11.4. The fourth-order valence-electron chi connectivity index (χ4n) is 4.37. The van der Waals surface area contributed by atoms with Crippen LogP contribution < -0.4 is 5.73 Å². The smallest absolute Gasteiger partial charge is 0.248 e. The van der Waals surface area contributed by atoms with Gasteiger partial charge in [0.2, 0.25) is 5.91 Å². The summed E-state index contributed by atoms with van der Waals surface area (Å²) in [4.78, 5) is 18.9. The Kier molecular flexibility index (Phi) is 4.34.